The van der Waals surface area contributed by atoms with E-state index in [9.17, 15) is 0 Å². The number of aromatic nitrogens is 4. The van der Waals surface area contributed by atoms with Gasteiger partial charge >= 0.3 is 0 Å². The van der Waals surface area contributed by atoms with Crippen LogP contribution in [0, 0.1) is 0 Å². The van der Waals surface area contributed by atoms with Gasteiger partial charge in [-0.1, -0.05) is 24.3 Å². The number of fused-ring (bicyclic) bond motifs is 2. The summed E-state index contributed by atoms with van der Waals surface area (Å²) in [5.41, 5.74) is 3.49. The first kappa shape index (κ1) is 15.0. The second-order valence-electron chi connectivity index (χ2n) is 5.96. The van der Waals surface area contributed by atoms with Crippen molar-refractivity contribution >= 4 is 16.9 Å². The number of hydrogen-bond donors (Lipinski definition) is 3. The van der Waals surface area contributed by atoms with Crippen LogP contribution in [0.15, 0.2) is 36.8 Å². The standard InChI is InChI=1S/C17H20N6O/c24-6-5-23-17-15(10-22-23)16(20-11-21-17)19-9-13-8-18-7-12-3-1-2-4-14(12)13/h1-4,10-11,13,18,24H,5-9H2,(H,19,20,21). The molecule has 1 aromatic carbocycles. The quantitative estimate of drug-likeness (QED) is 0.652. The number of benzene rings is 1. The molecule has 3 aromatic rings. The number of aliphatic hydroxyl groups is 1. The van der Waals surface area contributed by atoms with Gasteiger partial charge in [0.05, 0.1) is 24.7 Å². The molecular weight excluding hydrogens is 304 g/mol. The Morgan fingerprint density at radius 3 is 3.12 bits per heavy atom. The van der Waals surface area contributed by atoms with Crippen molar-refractivity contribution in [3.63, 3.8) is 0 Å². The van der Waals surface area contributed by atoms with Crippen LogP contribution in [-0.2, 0) is 13.1 Å². The van der Waals surface area contributed by atoms with Crippen LogP contribution in [0.4, 0.5) is 5.82 Å². The number of aliphatic hydroxyl groups excluding tert-OH is 1. The van der Waals surface area contributed by atoms with Crippen molar-refractivity contribution in [1.29, 1.82) is 0 Å². The fraction of sp³-hybridized carbons (Fsp3) is 0.353. The van der Waals surface area contributed by atoms with E-state index in [1.165, 1.54) is 17.5 Å². The number of nitrogens with zero attached hydrogens (tertiary/aromatic N) is 4. The summed E-state index contributed by atoms with van der Waals surface area (Å²) in [6.07, 6.45) is 3.29. The SMILES string of the molecule is OCCn1ncc2c(NCC3CNCc4ccccc43)ncnc21. The molecule has 3 N–H and O–H groups in total. The Balaban J connectivity index is 1.56. The fourth-order valence-electron chi connectivity index (χ4n) is 3.28. The zero-order valence-corrected chi connectivity index (χ0v) is 13.3. The Hall–Kier alpha value is -2.51. The van der Waals surface area contributed by atoms with Crippen LogP contribution in [0.2, 0.25) is 0 Å². The van der Waals surface area contributed by atoms with Gasteiger partial charge in [-0.25, -0.2) is 14.6 Å². The lowest BCUT2D eigenvalue weighted by molar-refractivity contribution is 0.271. The molecule has 0 saturated heterocycles. The zero-order chi connectivity index (χ0) is 16.4. The highest BCUT2D eigenvalue weighted by atomic mass is 16.3. The minimum absolute atomic E-state index is 0.0358. The minimum atomic E-state index is 0.0358. The Morgan fingerprint density at radius 2 is 2.21 bits per heavy atom. The summed E-state index contributed by atoms with van der Waals surface area (Å²) in [5, 5.41) is 21.2. The second-order valence-corrected chi connectivity index (χ2v) is 5.96. The summed E-state index contributed by atoms with van der Waals surface area (Å²) in [5.74, 6) is 1.18. The summed E-state index contributed by atoms with van der Waals surface area (Å²) in [4.78, 5) is 8.64. The Kier molecular flexibility index (Phi) is 4.10. The molecule has 7 heteroatoms. The van der Waals surface area contributed by atoms with Gasteiger partial charge in [0.25, 0.3) is 0 Å². The number of hydrogen-bond acceptors (Lipinski definition) is 6. The van der Waals surface area contributed by atoms with Gasteiger partial charge in [-0.05, 0) is 11.1 Å². The van der Waals surface area contributed by atoms with Crippen LogP contribution in [0.25, 0.3) is 11.0 Å². The largest absolute Gasteiger partial charge is 0.394 e. The molecule has 1 atom stereocenters. The molecule has 0 radical (unpaired) electrons. The van der Waals surface area contributed by atoms with E-state index in [-0.39, 0.29) is 6.61 Å². The lowest BCUT2D eigenvalue weighted by Crippen LogP contribution is -2.32. The molecule has 1 aliphatic rings. The second kappa shape index (κ2) is 6.54. The van der Waals surface area contributed by atoms with Gasteiger partial charge in [-0.2, -0.15) is 5.10 Å². The van der Waals surface area contributed by atoms with Crippen LogP contribution in [0.1, 0.15) is 17.0 Å². The summed E-state index contributed by atoms with van der Waals surface area (Å²) < 4.78 is 1.69. The predicted molar refractivity (Wildman–Crippen MR) is 91.8 cm³/mol. The van der Waals surface area contributed by atoms with Crippen molar-refractivity contribution in [3.05, 3.63) is 47.9 Å². The molecule has 1 unspecified atom stereocenters. The first-order valence-corrected chi connectivity index (χ1v) is 8.16. The van der Waals surface area contributed by atoms with E-state index in [0.29, 0.717) is 12.5 Å². The highest BCUT2D eigenvalue weighted by molar-refractivity contribution is 5.86. The highest BCUT2D eigenvalue weighted by Gasteiger charge is 2.20. The van der Waals surface area contributed by atoms with E-state index in [4.69, 9.17) is 5.11 Å². The van der Waals surface area contributed by atoms with Crippen molar-refractivity contribution < 1.29 is 5.11 Å². The maximum absolute atomic E-state index is 9.11. The maximum Gasteiger partial charge on any atom is 0.163 e. The average molecular weight is 324 g/mol. The third-order valence-electron chi connectivity index (χ3n) is 4.46. The van der Waals surface area contributed by atoms with E-state index in [1.54, 1.807) is 10.9 Å². The van der Waals surface area contributed by atoms with Gasteiger partial charge in [-0.15, -0.1) is 0 Å². The number of rotatable bonds is 5. The Bertz CT molecular complexity index is 846. The molecule has 0 fully saturated rings. The predicted octanol–water partition coefficient (Wildman–Crippen LogP) is 1.12. The fourth-order valence-corrected chi connectivity index (χ4v) is 3.28. The molecule has 7 nitrogen and oxygen atoms in total. The summed E-state index contributed by atoms with van der Waals surface area (Å²) in [7, 11) is 0. The zero-order valence-electron chi connectivity index (χ0n) is 13.3. The van der Waals surface area contributed by atoms with Crippen LogP contribution in [0.3, 0.4) is 0 Å². The lowest BCUT2D eigenvalue weighted by Gasteiger charge is -2.26. The van der Waals surface area contributed by atoms with Crippen LogP contribution in [-0.4, -0.2) is 44.6 Å². The third-order valence-corrected chi connectivity index (χ3v) is 4.46. The average Bonchev–Trinajstić information content (AvgIpc) is 3.04. The van der Waals surface area contributed by atoms with Gasteiger partial charge in [0.15, 0.2) is 5.65 Å². The number of anilines is 1. The molecule has 124 valence electrons. The molecule has 4 rings (SSSR count). The lowest BCUT2D eigenvalue weighted by atomic mass is 9.91. The van der Waals surface area contributed by atoms with E-state index in [0.717, 1.165) is 36.5 Å². The van der Waals surface area contributed by atoms with Gasteiger partial charge in [0, 0.05) is 25.6 Å². The van der Waals surface area contributed by atoms with Crippen molar-refractivity contribution in [3.8, 4) is 0 Å². The van der Waals surface area contributed by atoms with Crippen LogP contribution in [0.5, 0.6) is 0 Å². The van der Waals surface area contributed by atoms with Gasteiger partial charge < -0.3 is 15.7 Å². The molecule has 3 heterocycles. The molecule has 0 bridgehead atoms. The first-order chi connectivity index (χ1) is 11.9. The van der Waals surface area contributed by atoms with E-state index in [1.807, 2.05) is 0 Å². The molecule has 0 saturated carbocycles. The summed E-state index contributed by atoms with van der Waals surface area (Å²) in [6, 6.07) is 8.56. The number of nitrogens with one attached hydrogen (secondary N) is 2. The molecule has 0 amide bonds. The molecular formula is C17H20N6O. The van der Waals surface area contributed by atoms with Gasteiger partial charge in [0.2, 0.25) is 0 Å². The Labute approximate surface area is 139 Å². The Morgan fingerprint density at radius 1 is 1.29 bits per heavy atom. The first-order valence-electron chi connectivity index (χ1n) is 8.16. The van der Waals surface area contributed by atoms with E-state index < -0.39 is 0 Å². The van der Waals surface area contributed by atoms with E-state index in [2.05, 4.69) is 50.0 Å². The molecule has 0 aliphatic carbocycles. The van der Waals surface area contributed by atoms with Crippen LogP contribution < -0.4 is 10.6 Å². The van der Waals surface area contributed by atoms with Crippen molar-refractivity contribution in [1.82, 2.24) is 25.1 Å². The summed E-state index contributed by atoms with van der Waals surface area (Å²) in [6.45, 7) is 3.13. The summed E-state index contributed by atoms with van der Waals surface area (Å²) >= 11 is 0. The van der Waals surface area contributed by atoms with Gasteiger partial charge in [-0.3, -0.25) is 0 Å². The third kappa shape index (κ3) is 2.72. The molecule has 0 spiro atoms. The molecule has 24 heavy (non-hydrogen) atoms. The normalized spacial score (nSPS) is 17.0. The minimum Gasteiger partial charge on any atom is -0.394 e. The van der Waals surface area contributed by atoms with Crippen molar-refractivity contribution in [2.75, 3.05) is 25.0 Å². The highest BCUT2D eigenvalue weighted by Crippen LogP contribution is 2.25. The monoisotopic (exact) mass is 324 g/mol. The van der Waals surface area contributed by atoms with Gasteiger partial charge in [0.1, 0.15) is 12.1 Å². The van der Waals surface area contributed by atoms with Crippen molar-refractivity contribution in [2.45, 2.75) is 19.0 Å². The van der Waals surface area contributed by atoms with Crippen LogP contribution >= 0.6 is 0 Å². The molecule has 1 aliphatic heterocycles. The topological polar surface area (TPSA) is 87.9 Å². The van der Waals surface area contributed by atoms with E-state index >= 15 is 0 Å². The molecule has 2 aromatic heterocycles. The maximum atomic E-state index is 9.11. The smallest absolute Gasteiger partial charge is 0.163 e. The van der Waals surface area contributed by atoms with Crippen molar-refractivity contribution in [2.24, 2.45) is 0 Å².